The molecule has 3 N–H and O–H groups in total. The molecule has 28 heavy (non-hydrogen) atoms. The Morgan fingerprint density at radius 3 is 2.18 bits per heavy atom. The van der Waals surface area contributed by atoms with E-state index in [-0.39, 0.29) is 29.1 Å². The molecule has 10 heteroatoms. The van der Waals surface area contributed by atoms with Gasteiger partial charge in [0.1, 0.15) is 0 Å². The standard InChI is InChI=1S/C18H19N3O6S/c22-17(19-25)13-6-7-16(15(12-13)18(23)24)20-8-10-21(11-9-20)28(26,27)14-4-2-1-3-5-14/h1-7,12,25H,8-11H2,(H,19,22)(H,23,24). The molecule has 0 atom stereocenters. The van der Waals surface area contributed by atoms with Crippen LogP contribution < -0.4 is 10.4 Å². The first kappa shape index (κ1) is 19.8. The fraction of sp³-hybridized carbons (Fsp3) is 0.222. The largest absolute Gasteiger partial charge is 0.478 e. The molecule has 0 aliphatic carbocycles. The molecule has 148 valence electrons. The molecule has 3 rings (SSSR count). The van der Waals surface area contributed by atoms with Crippen LogP contribution in [-0.4, -0.2) is 61.1 Å². The SMILES string of the molecule is O=C(NO)c1ccc(N2CCN(S(=O)(=O)c3ccccc3)CC2)c(C(=O)O)c1. The molecule has 1 aliphatic rings. The van der Waals surface area contributed by atoms with E-state index in [0.717, 1.165) is 0 Å². The van der Waals surface area contributed by atoms with Crippen LogP contribution in [-0.2, 0) is 10.0 Å². The maximum Gasteiger partial charge on any atom is 0.337 e. The molecule has 0 saturated carbocycles. The van der Waals surface area contributed by atoms with E-state index in [1.165, 1.54) is 40.1 Å². The van der Waals surface area contributed by atoms with Crippen molar-refractivity contribution in [2.75, 3.05) is 31.1 Å². The number of amides is 1. The van der Waals surface area contributed by atoms with Crippen LogP contribution in [0.15, 0.2) is 53.4 Å². The molecule has 1 aliphatic heterocycles. The number of anilines is 1. The summed E-state index contributed by atoms with van der Waals surface area (Å²) < 4.78 is 26.8. The summed E-state index contributed by atoms with van der Waals surface area (Å²) in [5.41, 5.74) is 1.76. The van der Waals surface area contributed by atoms with Gasteiger partial charge < -0.3 is 10.0 Å². The van der Waals surface area contributed by atoms with Gasteiger partial charge >= 0.3 is 5.97 Å². The van der Waals surface area contributed by atoms with Crippen LogP contribution in [0.3, 0.4) is 0 Å². The minimum Gasteiger partial charge on any atom is -0.478 e. The normalized spacial score (nSPS) is 15.2. The zero-order valence-corrected chi connectivity index (χ0v) is 15.6. The number of carbonyl (C=O) groups excluding carboxylic acids is 1. The third kappa shape index (κ3) is 3.84. The zero-order chi connectivity index (χ0) is 20.3. The second kappa shape index (κ2) is 7.97. The quantitative estimate of drug-likeness (QED) is 0.500. The highest BCUT2D eigenvalue weighted by atomic mass is 32.2. The third-order valence-electron chi connectivity index (χ3n) is 4.55. The number of carboxylic acids is 1. The highest BCUT2D eigenvalue weighted by Gasteiger charge is 2.29. The summed E-state index contributed by atoms with van der Waals surface area (Å²) in [6.45, 7) is 1.01. The van der Waals surface area contributed by atoms with Crippen molar-refractivity contribution in [3.8, 4) is 0 Å². The molecule has 2 aromatic rings. The van der Waals surface area contributed by atoms with Crippen molar-refractivity contribution < 1.29 is 28.3 Å². The summed E-state index contributed by atoms with van der Waals surface area (Å²) in [6.07, 6.45) is 0. The van der Waals surface area contributed by atoms with Crippen molar-refractivity contribution in [2.45, 2.75) is 4.90 Å². The number of carboxylic acid groups (broad SMARTS) is 1. The summed E-state index contributed by atoms with van der Waals surface area (Å²) >= 11 is 0. The van der Waals surface area contributed by atoms with Crippen LogP contribution >= 0.6 is 0 Å². The number of benzene rings is 2. The monoisotopic (exact) mass is 405 g/mol. The summed E-state index contributed by atoms with van der Waals surface area (Å²) in [4.78, 5) is 25.1. The lowest BCUT2D eigenvalue weighted by Crippen LogP contribution is -2.49. The first-order chi connectivity index (χ1) is 13.3. The number of hydroxylamine groups is 1. The fourth-order valence-corrected chi connectivity index (χ4v) is 4.54. The molecule has 1 fully saturated rings. The number of sulfonamides is 1. The lowest BCUT2D eigenvalue weighted by molar-refractivity contribution is 0.0696. The van der Waals surface area contributed by atoms with Crippen LogP contribution in [0.2, 0.25) is 0 Å². The Morgan fingerprint density at radius 2 is 1.61 bits per heavy atom. The second-order valence-corrected chi connectivity index (χ2v) is 8.12. The van der Waals surface area contributed by atoms with Crippen molar-refractivity contribution in [2.24, 2.45) is 0 Å². The predicted molar refractivity (Wildman–Crippen MR) is 100 cm³/mol. The van der Waals surface area contributed by atoms with Crippen LogP contribution in [0.1, 0.15) is 20.7 Å². The summed E-state index contributed by atoms with van der Waals surface area (Å²) in [5.74, 6) is -2.03. The highest BCUT2D eigenvalue weighted by Crippen LogP contribution is 2.25. The number of carbonyl (C=O) groups is 2. The van der Waals surface area contributed by atoms with Crippen LogP contribution in [0.4, 0.5) is 5.69 Å². The molecule has 2 aromatic carbocycles. The summed E-state index contributed by atoms with van der Waals surface area (Å²) in [5, 5.41) is 18.2. The Hall–Kier alpha value is -2.95. The van der Waals surface area contributed by atoms with E-state index < -0.39 is 21.9 Å². The predicted octanol–water partition coefficient (Wildman–Crippen LogP) is 1.01. The van der Waals surface area contributed by atoms with E-state index in [2.05, 4.69) is 0 Å². The van der Waals surface area contributed by atoms with Gasteiger partial charge in [-0.2, -0.15) is 4.31 Å². The molecule has 0 radical (unpaired) electrons. The van der Waals surface area contributed by atoms with E-state index in [9.17, 15) is 23.1 Å². The van der Waals surface area contributed by atoms with Crippen molar-refractivity contribution in [1.29, 1.82) is 0 Å². The number of hydrogen-bond acceptors (Lipinski definition) is 6. The van der Waals surface area contributed by atoms with Gasteiger partial charge in [0.25, 0.3) is 5.91 Å². The molecule has 1 heterocycles. The molecule has 0 aromatic heterocycles. The van der Waals surface area contributed by atoms with E-state index in [0.29, 0.717) is 18.8 Å². The van der Waals surface area contributed by atoms with Crippen molar-refractivity contribution in [3.05, 3.63) is 59.7 Å². The van der Waals surface area contributed by atoms with Crippen LogP contribution in [0, 0.1) is 0 Å². The van der Waals surface area contributed by atoms with E-state index in [4.69, 9.17) is 5.21 Å². The number of nitrogens with one attached hydrogen (secondary N) is 1. The van der Waals surface area contributed by atoms with Gasteiger partial charge in [0, 0.05) is 31.7 Å². The Morgan fingerprint density at radius 1 is 0.964 bits per heavy atom. The first-order valence-electron chi connectivity index (χ1n) is 8.46. The van der Waals surface area contributed by atoms with Gasteiger partial charge in [0.15, 0.2) is 0 Å². The number of nitrogens with zero attached hydrogens (tertiary/aromatic N) is 2. The number of rotatable bonds is 5. The Bertz CT molecular complexity index is 986. The topological polar surface area (TPSA) is 127 Å². The van der Waals surface area contributed by atoms with Gasteiger partial charge in [0.05, 0.1) is 16.1 Å². The number of hydrogen-bond donors (Lipinski definition) is 3. The molecule has 9 nitrogen and oxygen atoms in total. The molecular formula is C18H19N3O6S. The molecule has 0 unspecified atom stereocenters. The molecule has 0 bridgehead atoms. The highest BCUT2D eigenvalue weighted by molar-refractivity contribution is 7.89. The summed E-state index contributed by atoms with van der Waals surface area (Å²) in [6, 6.07) is 12.2. The van der Waals surface area contributed by atoms with Crippen molar-refractivity contribution >= 4 is 27.6 Å². The van der Waals surface area contributed by atoms with Gasteiger partial charge in [-0.15, -0.1) is 0 Å². The molecular weight excluding hydrogens is 386 g/mol. The molecule has 1 saturated heterocycles. The lowest BCUT2D eigenvalue weighted by Gasteiger charge is -2.36. The minimum atomic E-state index is -3.61. The molecule has 1 amide bonds. The van der Waals surface area contributed by atoms with Gasteiger partial charge in [0.2, 0.25) is 10.0 Å². The minimum absolute atomic E-state index is 0.00828. The van der Waals surface area contributed by atoms with E-state index >= 15 is 0 Å². The van der Waals surface area contributed by atoms with Crippen LogP contribution in [0.25, 0.3) is 0 Å². The maximum atomic E-state index is 12.7. The van der Waals surface area contributed by atoms with Crippen molar-refractivity contribution in [3.63, 3.8) is 0 Å². The zero-order valence-electron chi connectivity index (χ0n) is 14.8. The second-order valence-electron chi connectivity index (χ2n) is 6.18. The third-order valence-corrected chi connectivity index (χ3v) is 6.46. The van der Waals surface area contributed by atoms with Gasteiger partial charge in [-0.25, -0.2) is 18.7 Å². The van der Waals surface area contributed by atoms with E-state index in [1.54, 1.807) is 23.1 Å². The smallest absolute Gasteiger partial charge is 0.337 e. The Kier molecular flexibility index (Phi) is 5.63. The average Bonchev–Trinajstić information content (AvgIpc) is 2.73. The van der Waals surface area contributed by atoms with Crippen LogP contribution in [0.5, 0.6) is 0 Å². The van der Waals surface area contributed by atoms with Gasteiger partial charge in [-0.05, 0) is 30.3 Å². The van der Waals surface area contributed by atoms with E-state index in [1.807, 2.05) is 0 Å². The fourth-order valence-electron chi connectivity index (χ4n) is 3.10. The maximum absolute atomic E-state index is 12.7. The van der Waals surface area contributed by atoms with Gasteiger partial charge in [-0.3, -0.25) is 10.0 Å². The molecule has 0 spiro atoms. The summed E-state index contributed by atoms with van der Waals surface area (Å²) in [7, 11) is -3.61. The number of piperazine rings is 1. The van der Waals surface area contributed by atoms with Gasteiger partial charge in [-0.1, -0.05) is 18.2 Å². The Balaban J connectivity index is 1.80. The lowest BCUT2D eigenvalue weighted by atomic mass is 10.1. The first-order valence-corrected chi connectivity index (χ1v) is 9.90. The average molecular weight is 405 g/mol. The Labute approximate surface area is 161 Å². The van der Waals surface area contributed by atoms with Crippen molar-refractivity contribution in [1.82, 2.24) is 9.79 Å². The number of aromatic carboxylic acids is 1.